The van der Waals surface area contributed by atoms with E-state index in [1.165, 1.54) is 26.2 Å². The third kappa shape index (κ3) is 1.51. The van der Waals surface area contributed by atoms with E-state index in [1.807, 2.05) is 0 Å². The van der Waals surface area contributed by atoms with Gasteiger partial charge in [-0.15, -0.1) is 0 Å². The Kier molecular flexibility index (Phi) is 2.66. The summed E-state index contributed by atoms with van der Waals surface area (Å²) >= 11 is 0. The van der Waals surface area contributed by atoms with Crippen molar-refractivity contribution in [1.82, 2.24) is 9.80 Å². The highest BCUT2D eigenvalue weighted by molar-refractivity contribution is 6.16. The van der Waals surface area contributed by atoms with Gasteiger partial charge in [0.05, 0.1) is 17.3 Å². The second-order valence-electron chi connectivity index (χ2n) is 5.74. The fraction of sp³-hybridized carbons (Fsp3) is 0.500. The molecule has 3 aliphatic rings. The SMILES string of the molecule is CN1C(=O)C[C@H]([C@]23C=CC(=O)C[C@H]2C(=O)N(C)C3=O)C1=O. The molecular formula is C14H14N2O5. The first-order valence-corrected chi connectivity index (χ1v) is 6.65. The third-order valence-corrected chi connectivity index (χ3v) is 4.79. The number of fused-ring (bicyclic) bond motifs is 1. The Balaban J connectivity index is 2.16. The monoisotopic (exact) mass is 290 g/mol. The van der Waals surface area contributed by atoms with Crippen LogP contribution in [0, 0.1) is 17.3 Å². The normalized spacial score (nSPS) is 36.0. The summed E-state index contributed by atoms with van der Waals surface area (Å²) in [4.78, 5) is 62.4. The Morgan fingerprint density at radius 1 is 0.952 bits per heavy atom. The summed E-state index contributed by atoms with van der Waals surface area (Å²) in [5.41, 5.74) is -1.39. The second-order valence-corrected chi connectivity index (χ2v) is 5.74. The molecule has 0 unspecified atom stereocenters. The molecule has 4 amide bonds. The number of likely N-dealkylation sites (tertiary alicyclic amines) is 2. The number of carbonyl (C=O) groups excluding carboxylic acids is 5. The number of rotatable bonds is 1. The zero-order chi connectivity index (χ0) is 15.5. The predicted molar refractivity (Wildman–Crippen MR) is 68.3 cm³/mol. The van der Waals surface area contributed by atoms with E-state index in [9.17, 15) is 24.0 Å². The molecule has 2 fully saturated rings. The summed E-state index contributed by atoms with van der Waals surface area (Å²) in [6.45, 7) is 0. The molecule has 2 heterocycles. The fourth-order valence-electron chi connectivity index (χ4n) is 3.56. The molecule has 0 aromatic heterocycles. The Hall–Kier alpha value is -2.31. The van der Waals surface area contributed by atoms with Gasteiger partial charge in [-0.3, -0.25) is 33.8 Å². The molecule has 2 aliphatic heterocycles. The molecule has 0 N–H and O–H groups in total. The van der Waals surface area contributed by atoms with Crippen LogP contribution < -0.4 is 0 Å². The van der Waals surface area contributed by atoms with Crippen LogP contribution in [0.25, 0.3) is 0 Å². The van der Waals surface area contributed by atoms with E-state index in [2.05, 4.69) is 0 Å². The lowest BCUT2D eigenvalue weighted by molar-refractivity contribution is -0.145. The quantitative estimate of drug-likeness (QED) is 0.585. The van der Waals surface area contributed by atoms with E-state index in [1.54, 1.807) is 0 Å². The van der Waals surface area contributed by atoms with Gasteiger partial charge in [0.15, 0.2) is 5.78 Å². The van der Waals surface area contributed by atoms with E-state index in [0.717, 1.165) is 9.80 Å². The van der Waals surface area contributed by atoms with Crippen molar-refractivity contribution < 1.29 is 24.0 Å². The molecule has 0 radical (unpaired) electrons. The average molecular weight is 290 g/mol. The van der Waals surface area contributed by atoms with E-state index >= 15 is 0 Å². The summed E-state index contributed by atoms with van der Waals surface area (Å²) in [6, 6.07) is 0. The number of hydrogen-bond acceptors (Lipinski definition) is 5. The van der Waals surface area contributed by atoms with Crippen LogP contribution in [0.15, 0.2) is 12.2 Å². The minimum Gasteiger partial charge on any atom is -0.295 e. The van der Waals surface area contributed by atoms with Crippen molar-refractivity contribution in [3.63, 3.8) is 0 Å². The lowest BCUT2D eigenvalue weighted by Crippen LogP contribution is -2.46. The number of ketones is 1. The number of imide groups is 2. The largest absolute Gasteiger partial charge is 0.295 e. The van der Waals surface area contributed by atoms with Crippen molar-refractivity contribution in [3.05, 3.63) is 12.2 Å². The Morgan fingerprint density at radius 3 is 2.10 bits per heavy atom. The standard InChI is InChI=1S/C14H14N2O5/c1-15-10(18)6-9(11(15)19)14-4-3-7(17)5-8(14)12(20)16(2)13(14)21/h3-4,8-9H,5-6H2,1-2H3/t8-,9-,14-/m0/s1. The first-order chi connectivity index (χ1) is 9.80. The highest BCUT2D eigenvalue weighted by atomic mass is 16.2. The van der Waals surface area contributed by atoms with Gasteiger partial charge in [0.1, 0.15) is 0 Å². The highest BCUT2D eigenvalue weighted by Crippen LogP contribution is 2.52. The third-order valence-electron chi connectivity index (χ3n) is 4.79. The van der Waals surface area contributed by atoms with Crippen molar-refractivity contribution in [2.24, 2.45) is 17.3 Å². The fourth-order valence-corrected chi connectivity index (χ4v) is 3.56. The van der Waals surface area contributed by atoms with Crippen molar-refractivity contribution in [1.29, 1.82) is 0 Å². The summed E-state index contributed by atoms with van der Waals surface area (Å²) < 4.78 is 0. The van der Waals surface area contributed by atoms with Gasteiger partial charge in [-0.2, -0.15) is 0 Å². The van der Waals surface area contributed by atoms with Gasteiger partial charge in [-0.05, 0) is 6.08 Å². The summed E-state index contributed by atoms with van der Waals surface area (Å²) in [5.74, 6) is -3.88. The maximum atomic E-state index is 12.6. The van der Waals surface area contributed by atoms with Crippen LogP contribution in [0.4, 0.5) is 0 Å². The van der Waals surface area contributed by atoms with Crippen LogP contribution in [-0.4, -0.2) is 53.3 Å². The second kappa shape index (κ2) is 4.09. The lowest BCUT2D eigenvalue weighted by atomic mass is 9.63. The minimum absolute atomic E-state index is 0.104. The molecule has 110 valence electrons. The van der Waals surface area contributed by atoms with E-state index < -0.39 is 35.0 Å². The molecular weight excluding hydrogens is 276 g/mol. The highest BCUT2D eigenvalue weighted by Gasteiger charge is 2.65. The van der Waals surface area contributed by atoms with Crippen LogP contribution in [0.2, 0.25) is 0 Å². The van der Waals surface area contributed by atoms with Crippen molar-refractivity contribution in [2.75, 3.05) is 14.1 Å². The smallest absolute Gasteiger partial charge is 0.240 e. The summed E-state index contributed by atoms with van der Waals surface area (Å²) in [7, 11) is 2.70. The first-order valence-electron chi connectivity index (χ1n) is 6.65. The minimum atomic E-state index is -1.39. The van der Waals surface area contributed by atoms with Crippen LogP contribution in [0.1, 0.15) is 12.8 Å². The van der Waals surface area contributed by atoms with Crippen LogP contribution in [-0.2, 0) is 24.0 Å². The zero-order valence-electron chi connectivity index (χ0n) is 11.7. The number of amides is 4. The molecule has 21 heavy (non-hydrogen) atoms. The zero-order valence-corrected chi connectivity index (χ0v) is 11.7. The van der Waals surface area contributed by atoms with Gasteiger partial charge in [0, 0.05) is 26.9 Å². The molecule has 0 aromatic carbocycles. The van der Waals surface area contributed by atoms with E-state index in [0.29, 0.717) is 0 Å². The first kappa shape index (κ1) is 13.7. The molecule has 0 aromatic rings. The van der Waals surface area contributed by atoms with Gasteiger partial charge >= 0.3 is 0 Å². The number of nitrogens with zero attached hydrogens (tertiary/aromatic N) is 2. The van der Waals surface area contributed by atoms with E-state index in [-0.39, 0.29) is 24.5 Å². The summed E-state index contributed by atoms with van der Waals surface area (Å²) in [5, 5.41) is 0. The molecule has 3 rings (SSSR count). The number of carbonyl (C=O) groups is 5. The van der Waals surface area contributed by atoms with Gasteiger partial charge in [-0.25, -0.2) is 0 Å². The predicted octanol–water partition coefficient (Wildman–Crippen LogP) is -0.878. The Bertz CT molecular complexity index is 637. The molecule has 0 saturated carbocycles. The van der Waals surface area contributed by atoms with Gasteiger partial charge < -0.3 is 0 Å². The van der Waals surface area contributed by atoms with Gasteiger partial charge in [0.25, 0.3) is 0 Å². The molecule has 1 aliphatic carbocycles. The lowest BCUT2D eigenvalue weighted by Gasteiger charge is -2.34. The van der Waals surface area contributed by atoms with Crippen LogP contribution >= 0.6 is 0 Å². The van der Waals surface area contributed by atoms with Gasteiger partial charge in [-0.1, -0.05) is 6.08 Å². The molecule has 7 nitrogen and oxygen atoms in total. The average Bonchev–Trinajstić information content (AvgIpc) is 2.82. The molecule has 0 spiro atoms. The van der Waals surface area contributed by atoms with Crippen molar-refractivity contribution in [3.8, 4) is 0 Å². The maximum Gasteiger partial charge on any atom is 0.240 e. The molecule has 2 saturated heterocycles. The molecule has 3 atom stereocenters. The van der Waals surface area contributed by atoms with Crippen molar-refractivity contribution in [2.45, 2.75) is 12.8 Å². The topological polar surface area (TPSA) is 91.8 Å². The maximum absolute atomic E-state index is 12.6. The van der Waals surface area contributed by atoms with Crippen LogP contribution in [0.3, 0.4) is 0 Å². The Morgan fingerprint density at radius 2 is 1.52 bits per heavy atom. The van der Waals surface area contributed by atoms with Crippen LogP contribution in [0.5, 0.6) is 0 Å². The molecule has 7 heteroatoms. The van der Waals surface area contributed by atoms with Gasteiger partial charge in [0.2, 0.25) is 23.6 Å². The number of hydrogen-bond donors (Lipinski definition) is 0. The molecule has 0 bridgehead atoms. The van der Waals surface area contributed by atoms with E-state index in [4.69, 9.17) is 0 Å². The summed E-state index contributed by atoms with van der Waals surface area (Å²) in [6.07, 6.45) is 2.39. The van der Waals surface area contributed by atoms with Crippen molar-refractivity contribution >= 4 is 29.4 Å². The Labute approximate surface area is 120 Å². The number of allylic oxidation sites excluding steroid dienone is 1.